The van der Waals surface area contributed by atoms with E-state index >= 15 is 0 Å². The van der Waals surface area contributed by atoms with Crippen molar-refractivity contribution in [3.8, 4) is 11.8 Å². The number of nitriles is 1. The molecule has 7 heteroatoms. The highest BCUT2D eigenvalue weighted by Crippen LogP contribution is 2.32. The van der Waals surface area contributed by atoms with Crippen LogP contribution in [0, 0.1) is 18.3 Å². The van der Waals surface area contributed by atoms with Gasteiger partial charge in [-0.05, 0) is 29.7 Å². The molecule has 0 radical (unpaired) electrons. The highest BCUT2D eigenvalue weighted by atomic mass is 35.5. The summed E-state index contributed by atoms with van der Waals surface area (Å²) in [7, 11) is 1.55. The Kier molecular flexibility index (Phi) is 8.27. The second-order valence-electron chi connectivity index (χ2n) is 8.67. The first-order valence-corrected chi connectivity index (χ1v) is 12.2. The minimum absolute atomic E-state index is 0.0424. The summed E-state index contributed by atoms with van der Waals surface area (Å²) < 4.78 is 5.37. The Bertz CT molecular complexity index is 1220. The number of rotatable bonds is 7. The number of piperazine rings is 1. The molecule has 0 aliphatic carbocycles. The molecule has 36 heavy (non-hydrogen) atoms. The molecule has 1 aliphatic rings. The van der Waals surface area contributed by atoms with E-state index in [1.807, 2.05) is 31.2 Å². The van der Waals surface area contributed by atoms with Crippen LogP contribution in [0.3, 0.4) is 0 Å². The molecule has 1 saturated heterocycles. The van der Waals surface area contributed by atoms with Crippen LogP contribution >= 0.6 is 11.6 Å². The van der Waals surface area contributed by atoms with Crippen LogP contribution in [-0.4, -0.2) is 49.0 Å². The predicted octanol–water partition coefficient (Wildman–Crippen LogP) is 5.41. The number of benzene rings is 3. The molecule has 3 aromatic rings. The third-order valence-electron chi connectivity index (χ3n) is 6.40. The minimum atomic E-state index is -0.287. The van der Waals surface area contributed by atoms with Gasteiger partial charge in [0, 0.05) is 43.5 Å². The summed E-state index contributed by atoms with van der Waals surface area (Å²) >= 11 is 6.18. The number of halogens is 1. The second kappa shape index (κ2) is 11.8. The van der Waals surface area contributed by atoms with E-state index in [1.165, 1.54) is 17.3 Å². The number of nitrogens with zero attached hydrogens (tertiary/aromatic N) is 3. The molecule has 0 unspecified atom stereocenters. The first kappa shape index (κ1) is 25.3. The average Bonchev–Trinajstić information content (AvgIpc) is 2.92. The SMILES string of the molecule is COc1cc(Cl)c(C)cc1N/C=C(/C#N)C(=O)N1CCN(C(c2ccccc2)c2ccccc2)CC1. The molecule has 6 nitrogen and oxygen atoms in total. The van der Waals surface area contributed by atoms with Gasteiger partial charge in [0.05, 0.1) is 18.8 Å². The summed E-state index contributed by atoms with van der Waals surface area (Å²) in [6.45, 7) is 4.37. The van der Waals surface area contributed by atoms with Crippen molar-refractivity contribution >= 4 is 23.2 Å². The molecule has 1 heterocycles. The van der Waals surface area contributed by atoms with E-state index in [-0.39, 0.29) is 17.5 Å². The molecule has 184 valence electrons. The van der Waals surface area contributed by atoms with Gasteiger partial charge in [0.2, 0.25) is 0 Å². The molecule has 0 spiro atoms. The first-order chi connectivity index (χ1) is 17.5. The lowest BCUT2D eigenvalue weighted by Crippen LogP contribution is -2.50. The normalized spacial score (nSPS) is 14.4. The van der Waals surface area contributed by atoms with Crippen molar-refractivity contribution in [1.82, 2.24) is 9.80 Å². The molecule has 3 aromatic carbocycles. The number of hydrogen-bond donors (Lipinski definition) is 1. The lowest BCUT2D eigenvalue weighted by atomic mass is 9.96. The van der Waals surface area contributed by atoms with Crippen LogP contribution in [-0.2, 0) is 4.79 Å². The van der Waals surface area contributed by atoms with Gasteiger partial charge in [-0.25, -0.2) is 0 Å². The summed E-state index contributed by atoms with van der Waals surface area (Å²) in [5.41, 5.74) is 3.98. The van der Waals surface area contributed by atoms with Gasteiger partial charge in [0.25, 0.3) is 5.91 Å². The maximum atomic E-state index is 13.2. The number of nitrogens with one attached hydrogen (secondary N) is 1. The number of carbonyl (C=O) groups excluding carboxylic acids is 1. The van der Waals surface area contributed by atoms with Crippen molar-refractivity contribution in [3.05, 3.63) is 106 Å². The van der Waals surface area contributed by atoms with Crippen molar-refractivity contribution in [2.45, 2.75) is 13.0 Å². The standard InChI is InChI=1S/C29H29ClN4O2/c1-21-17-26(27(36-2)18-25(21)30)32-20-24(19-31)29(35)34-15-13-33(14-16-34)28(22-9-5-3-6-10-22)23-11-7-4-8-12-23/h3-12,17-18,20,28,32H,13-16H2,1-2H3/b24-20-. The zero-order valence-corrected chi connectivity index (χ0v) is 21.2. The molecule has 1 N–H and O–H groups in total. The number of methoxy groups -OCH3 is 1. The van der Waals surface area contributed by atoms with Crippen molar-refractivity contribution in [2.24, 2.45) is 0 Å². The molecular weight excluding hydrogens is 472 g/mol. The molecule has 1 aliphatic heterocycles. The summed E-state index contributed by atoms with van der Waals surface area (Å²) in [5, 5.41) is 13.3. The number of amides is 1. The fraction of sp³-hybridized carbons (Fsp3) is 0.241. The van der Waals surface area contributed by atoms with Gasteiger partial charge >= 0.3 is 0 Å². The number of aryl methyl sites for hydroxylation is 1. The van der Waals surface area contributed by atoms with E-state index < -0.39 is 0 Å². The van der Waals surface area contributed by atoms with Crippen LogP contribution in [0.1, 0.15) is 22.7 Å². The zero-order valence-electron chi connectivity index (χ0n) is 20.4. The lowest BCUT2D eigenvalue weighted by molar-refractivity contribution is -0.128. The van der Waals surface area contributed by atoms with Crippen molar-refractivity contribution in [2.75, 3.05) is 38.6 Å². The smallest absolute Gasteiger partial charge is 0.266 e. The predicted molar refractivity (Wildman–Crippen MR) is 143 cm³/mol. The molecule has 1 amide bonds. The van der Waals surface area contributed by atoms with Crippen LogP contribution in [0.5, 0.6) is 5.75 Å². The summed E-state index contributed by atoms with van der Waals surface area (Å²) in [5.74, 6) is 0.248. The van der Waals surface area contributed by atoms with E-state index in [1.54, 1.807) is 18.1 Å². The molecule has 1 fully saturated rings. The second-order valence-corrected chi connectivity index (χ2v) is 9.08. The molecule has 0 aromatic heterocycles. The van der Waals surface area contributed by atoms with Gasteiger partial charge in [-0.3, -0.25) is 9.69 Å². The first-order valence-electron chi connectivity index (χ1n) is 11.9. The van der Waals surface area contributed by atoms with Crippen LogP contribution < -0.4 is 10.1 Å². The topological polar surface area (TPSA) is 68.6 Å². The Morgan fingerprint density at radius 2 is 1.61 bits per heavy atom. The van der Waals surface area contributed by atoms with Gasteiger partial charge in [-0.15, -0.1) is 0 Å². The van der Waals surface area contributed by atoms with Gasteiger partial charge < -0.3 is 15.0 Å². The minimum Gasteiger partial charge on any atom is -0.495 e. The maximum Gasteiger partial charge on any atom is 0.266 e. The van der Waals surface area contributed by atoms with Crippen LogP contribution in [0.25, 0.3) is 0 Å². The maximum absolute atomic E-state index is 13.2. The van der Waals surface area contributed by atoms with E-state index in [2.05, 4.69) is 58.7 Å². The van der Waals surface area contributed by atoms with Crippen molar-refractivity contribution in [1.29, 1.82) is 5.26 Å². The molecule has 0 bridgehead atoms. The van der Waals surface area contributed by atoms with Crippen LogP contribution in [0.4, 0.5) is 5.69 Å². The highest BCUT2D eigenvalue weighted by Gasteiger charge is 2.29. The van der Waals surface area contributed by atoms with E-state index in [4.69, 9.17) is 16.3 Å². The highest BCUT2D eigenvalue weighted by molar-refractivity contribution is 6.31. The molecule has 0 atom stereocenters. The van der Waals surface area contributed by atoms with Gasteiger partial charge in [0.1, 0.15) is 17.4 Å². The zero-order chi connectivity index (χ0) is 25.5. The Labute approximate surface area is 217 Å². The Balaban J connectivity index is 1.46. The number of ether oxygens (including phenoxy) is 1. The third kappa shape index (κ3) is 5.71. The summed E-state index contributed by atoms with van der Waals surface area (Å²) in [6, 6.07) is 26.5. The van der Waals surface area contributed by atoms with E-state index in [9.17, 15) is 10.1 Å². The fourth-order valence-corrected chi connectivity index (χ4v) is 4.63. The molecule has 0 saturated carbocycles. The van der Waals surface area contributed by atoms with E-state index in [0.29, 0.717) is 42.6 Å². The van der Waals surface area contributed by atoms with Gasteiger partial charge in [0.15, 0.2) is 0 Å². The van der Waals surface area contributed by atoms with Crippen LogP contribution in [0.15, 0.2) is 84.6 Å². The van der Waals surface area contributed by atoms with Crippen molar-refractivity contribution in [3.63, 3.8) is 0 Å². The number of hydrogen-bond acceptors (Lipinski definition) is 5. The third-order valence-corrected chi connectivity index (χ3v) is 6.81. The number of carbonyl (C=O) groups is 1. The van der Waals surface area contributed by atoms with E-state index in [0.717, 1.165) is 5.56 Å². The van der Waals surface area contributed by atoms with Crippen LogP contribution in [0.2, 0.25) is 5.02 Å². The van der Waals surface area contributed by atoms with Gasteiger partial charge in [-0.1, -0.05) is 72.3 Å². The fourth-order valence-electron chi connectivity index (χ4n) is 4.47. The number of anilines is 1. The van der Waals surface area contributed by atoms with Gasteiger partial charge in [-0.2, -0.15) is 5.26 Å². The lowest BCUT2D eigenvalue weighted by Gasteiger charge is -2.39. The quantitative estimate of drug-likeness (QED) is 0.347. The largest absolute Gasteiger partial charge is 0.495 e. The molecule has 4 rings (SSSR count). The Morgan fingerprint density at radius 3 is 2.14 bits per heavy atom. The average molecular weight is 501 g/mol. The summed E-state index contributed by atoms with van der Waals surface area (Å²) in [6.07, 6.45) is 1.44. The Morgan fingerprint density at radius 1 is 1.03 bits per heavy atom. The molecular formula is C29H29ClN4O2. The monoisotopic (exact) mass is 500 g/mol. The summed E-state index contributed by atoms with van der Waals surface area (Å²) in [4.78, 5) is 17.3. The Hall–Kier alpha value is -3.79. The van der Waals surface area contributed by atoms with Crippen molar-refractivity contribution < 1.29 is 9.53 Å².